The zero-order valence-electron chi connectivity index (χ0n) is 13.4. The minimum Gasteiger partial charge on any atom is -0.484 e. The molecule has 0 aliphatic rings. The van der Waals surface area contributed by atoms with Gasteiger partial charge in [0.25, 0.3) is 5.91 Å². The lowest BCUT2D eigenvalue weighted by molar-refractivity contribution is -0.118. The fourth-order valence-corrected chi connectivity index (χ4v) is 2.09. The average molecular weight is 337 g/mol. The molecule has 0 aliphatic carbocycles. The molecule has 1 atom stereocenters. The second-order valence-electron chi connectivity index (χ2n) is 5.44. The highest BCUT2D eigenvalue weighted by atomic mass is 19.2. The minimum absolute atomic E-state index is 0.374. The number of carbonyl (C=O) groups is 1. The van der Waals surface area contributed by atoms with Crippen LogP contribution in [0.2, 0.25) is 0 Å². The Kier molecular flexibility index (Phi) is 5.84. The molecule has 0 aliphatic heterocycles. The molecule has 128 valence electrons. The smallest absolute Gasteiger partial charge is 0.262 e. The number of rotatable bonds is 6. The third kappa shape index (κ3) is 4.28. The summed E-state index contributed by atoms with van der Waals surface area (Å²) in [6, 6.07) is 9.00. The van der Waals surface area contributed by atoms with E-state index < -0.39 is 29.0 Å². The largest absolute Gasteiger partial charge is 0.484 e. The Labute approximate surface area is 138 Å². The Bertz CT molecular complexity index is 717. The predicted octanol–water partition coefficient (Wildman–Crippen LogP) is 4.63. The third-order valence-corrected chi connectivity index (χ3v) is 3.74. The van der Waals surface area contributed by atoms with Crippen molar-refractivity contribution in [3.8, 4) is 5.75 Å². The van der Waals surface area contributed by atoms with E-state index in [1.54, 1.807) is 12.1 Å². The Balaban J connectivity index is 1.93. The van der Waals surface area contributed by atoms with Gasteiger partial charge in [0.1, 0.15) is 5.75 Å². The number of hydrogen-bond donors (Lipinski definition) is 1. The lowest BCUT2D eigenvalue weighted by Gasteiger charge is -2.11. The molecule has 1 amide bonds. The van der Waals surface area contributed by atoms with Gasteiger partial charge >= 0.3 is 0 Å². The lowest BCUT2D eigenvalue weighted by Crippen LogP contribution is -2.21. The maximum Gasteiger partial charge on any atom is 0.262 e. The first-order valence-corrected chi connectivity index (χ1v) is 7.58. The average Bonchev–Trinajstić information content (AvgIpc) is 2.60. The molecule has 24 heavy (non-hydrogen) atoms. The molecule has 0 fully saturated rings. The van der Waals surface area contributed by atoms with Gasteiger partial charge in [0.2, 0.25) is 0 Å². The van der Waals surface area contributed by atoms with E-state index in [1.165, 1.54) is 0 Å². The maximum absolute atomic E-state index is 13.5. The summed E-state index contributed by atoms with van der Waals surface area (Å²) >= 11 is 0. The van der Waals surface area contributed by atoms with E-state index in [0.29, 0.717) is 11.7 Å². The highest BCUT2D eigenvalue weighted by molar-refractivity contribution is 5.92. The van der Waals surface area contributed by atoms with E-state index in [4.69, 9.17) is 4.74 Å². The van der Waals surface area contributed by atoms with E-state index in [9.17, 15) is 18.0 Å². The fourth-order valence-electron chi connectivity index (χ4n) is 2.09. The van der Waals surface area contributed by atoms with Crippen molar-refractivity contribution in [3.63, 3.8) is 0 Å². The van der Waals surface area contributed by atoms with Crippen LogP contribution in [0.1, 0.15) is 31.7 Å². The summed E-state index contributed by atoms with van der Waals surface area (Å²) in [5.74, 6) is -4.15. The molecule has 0 heterocycles. The number of benzene rings is 2. The quantitative estimate of drug-likeness (QED) is 0.780. The SMILES string of the molecule is CC[C@H](C)c1ccc(OCC(=O)Nc2ccc(F)c(F)c2F)cc1. The van der Waals surface area contributed by atoms with Crippen LogP contribution in [0, 0.1) is 17.5 Å². The summed E-state index contributed by atoms with van der Waals surface area (Å²) in [6.45, 7) is 3.83. The van der Waals surface area contributed by atoms with Crippen LogP contribution in [-0.4, -0.2) is 12.5 Å². The van der Waals surface area contributed by atoms with Gasteiger partial charge in [0.05, 0.1) is 5.69 Å². The number of hydrogen-bond acceptors (Lipinski definition) is 2. The first-order valence-electron chi connectivity index (χ1n) is 7.58. The van der Waals surface area contributed by atoms with Gasteiger partial charge in [-0.05, 0) is 42.2 Å². The zero-order valence-corrected chi connectivity index (χ0v) is 13.4. The van der Waals surface area contributed by atoms with E-state index in [1.807, 2.05) is 12.1 Å². The van der Waals surface area contributed by atoms with Crippen LogP contribution in [0.5, 0.6) is 5.75 Å². The predicted molar refractivity (Wildman–Crippen MR) is 85.6 cm³/mol. The van der Waals surface area contributed by atoms with Crippen molar-refractivity contribution in [1.29, 1.82) is 0 Å². The summed E-state index contributed by atoms with van der Waals surface area (Å²) in [4.78, 5) is 11.7. The number of halogens is 3. The third-order valence-electron chi connectivity index (χ3n) is 3.74. The number of ether oxygens (including phenoxy) is 1. The van der Waals surface area contributed by atoms with Crippen LogP contribution >= 0.6 is 0 Å². The van der Waals surface area contributed by atoms with Crippen molar-refractivity contribution in [3.05, 3.63) is 59.4 Å². The first-order chi connectivity index (χ1) is 11.4. The number of amides is 1. The number of nitrogens with one attached hydrogen (secondary N) is 1. The molecule has 0 unspecified atom stereocenters. The first kappa shape index (κ1) is 17.8. The van der Waals surface area contributed by atoms with E-state index in [0.717, 1.165) is 24.1 Å². The Morgan fingerprint density at radius 1 is 1.08 bits per heavy atom. The summed E-state index contributed by atoms with van der Waals surface area (Å²) in [5.41, 5.74) is 0.729. The standard InChI is InChI=1S/C18H18F3NO2/c1-3-11(2)12-4-6-13(7-5-12)24-10-16(23)22-15-9-8-14(19)17(20)18(15)21/h4-9,11H,3,10H2,1-2H3,(H,22,23)/t11-/m0/s1. The van der Waals surface area contributed by atoms with Gasteiger partial charge in [-0.1, -0.05) is 26.0 Å². The van der Waals surface area contributed by atoms with Crippen LogP contribution < -0.4 is 10.1 Å². The lowest BCUT2D eigenvalue weighted by atomic mass is 9.99. The Hall–Kier alpha value is -2.50. The van der Waals surface area contributed by atoms with Crippen molar-refractivity contribution in [1.82, 2.24) is 0 Å². The molecule has 0 spiro atoms. The van der Waals surface area contributed by atoms with Gasteiger partial charge in [-0.15, -0.1) is 0 Å². The van der Waals surface area contributed by atoms with E-state index >= 15 is 0 Å². The van der Waals surface area contributed by atoms with Crippen molar-refractivity contribution < 1.29 is 22.7 Å². The molecule has 0 bridgehead atoms. The topological polar surface area (TPSA) is 38.3 Å². The van der Waals surface area contributed by atoms with Crippen molar-refractivity contribution in [2.45, 2.75) is 26.2 Å². The second kappa shape index (κ2) is 7.86. The molecular weight excluding hydrogens is 319 g/mol. The van der Waals surface area contributed by atoms with Crippen molar-refractivity contribution in [2.24, 2.45) is 0 Å². The molecule has 3 nitrogen and oxygen atoms in total. The fraction of sp³-hybridized carbons (Fsp3) is 0.278. The van der Waals surface area contributed by atoms with E-state index in [-0.39, 0.29) is 6.61 Å². The van der Waals surface area contributed by atoms with Crippen molar-refractivity contribution in [2.75, 3.05) is 11.9 Å². The molecule has 2 rings (SSSR count). The highest BCUT2D eigenvalue weighted by Crippen LogP contribution is 2.22. The van der Waals surface area contributed by atoms with Gasteiger partial charge < -0.3 is 10.1 Å². The van der Waals surface area contributed by atoms with Crippen LogP contribution in [0.25, 0.3) is 0 Å². The number of anilines is 1. The Morgan fingerprint density at radius 3 is 2.38 bits per heavy atom. The Morgan fingerprint density at radius 2 is 1.75 bits per heavy atom. The number of carbonyl (C=O) groups excluding carboxylic acids is 1. The molecule has 0 radical (unpaired) electrons. The highest BCUT2D eigenvalue weighted by Gasteiger charge is 2.15. The maximum atomic E-state index is 13.5. The molecule has 0 saturated heterocycles. The molecule has 6 heteroatoms. The summed E-state index contributed by atoms with van der Waals surface area (Å²) < 4.78 is 44.7. The summed E-state index contributed by atoms with van der Waals surface area (Å²) in [5, 5.41) is 2.14. The van der Waals surface area contributed by atoms with Crippen LogP contribution in [0.4, 0.5) is 18.9 Å². The van der Waals surface area contributed by atoms with Crippen LogP contribution in [-0.2, 0) is 4.79 Å². The normalized spacial score (nSPS) is 11.9. The minimum atomic E-state index is -1.63. The summed E-state index contributed by atoms with van der Waals surface area (Å²) in [6.07, 6.45) is 1.02. The summed E-state index contributed by atoms with van der Waals surface area (Å²) in [7, 11) is 0. The monoisotopic (exact) mass is 337 g/mol. The van der Waals surface area contributed by atoms with Gasteiger partial charge in [-0.2, -0.15) is 0 Å². The molecule has 0 saturated carbocycles. The molecular formula is C18H18F3NO2. The van der Waals surface area contributed by atoms with E-state index in [2.05, 4.69) is 19.2 Å². The molecule has 0 aromatic heterocycles. The molecule has 2 aromatic rings. The molecule has 2 aromatic carbocycles. The zero-order chi connectivity index (χ0) is 17.7. The van der Waals surface area contributed by atoms with Crippen LogP contribution in [0.3, 0.4) is 0 Å². The van der Waals surface area contributed by atoms with Gasteiger partial charge in [0.15, 0.2) is 24.1 Å². The van der Waals surface area contributed by atoms with Gasteiger partial charge in [0, 0.05) is 0 Å². The van der Waals surface area contributed by atoms with Gasteiger partial charge in [-0.25, -0.2) is 13.2 Å². The second-order valence-corrected chi connectivity index (χ2v) is 5.44. The van der Waals surface area contributed by atoms with Crippen LogP contribution in [0.15, 0.2) is 36.4 Å². The molecule has 1 N–H and O–H groups in total. The van der Waals surface area contributed by atoms with Gasteiger partial charge in [-0.3, -0.25) is 4.79 Å². The van der Waals surface area contributed by atoms with Crippen molar-refractivity contribution >= 4 is 11.6 Å².